The SMILES string of the molecule is Cc1sc2c(c1Cn1cc(CC(=O)O)c3ccc(-c4cc(N)cc(N)c4)cc31)C=C(Cl)CC2. The van der Waals surface area contributed by atoms with E-state index in [1.165, 1.54) is 20.9 Å². The minimum Gasteiger partial charge on any atom is -0.481 e. The maximum absolute atomic E-state index is 11.5. The van der Waals surface area contributed by atoms with Crippen LogP contribution in [0, 0.1) is 6.92 Å². The molecule has 0 amide bonds. The average molecular weight is 478 g/mol. The van der Waals surface area contributed by atoms with Crippen LogP contribution in [0.4, 0.5) is 11.4 Å². The van der Waals surface area contributed by atoms with Gasteiger partial charge in [-0.3, -0.25) is 4.79 Å². The third-order valence-electron chi connectivity index (χ3n) is 6.16. The van der Waals surface area contributed by atoms with Crippen LogP contribution in [-0.2, 0) is 24.2 Å². The predicted molar refractivity (Wildman–Crippen MR) is 138 cm³/mol. The normalized spacial score (nSPS) is 13.2. The lowest BCUT2D eigenvalue weighted by Gasteiger charge is -2.12. The lowest BCUT2D eigenvalue weighted by molar-refractivity contribution is -0.136. The number of hydrogen-bond acceptors (Lipinski definition) is 4. The summed E-state index contributed by atoms with van der Waals surface area (Å²) in [6, 6.07) is 11.6. The van der Waals surface area contributed by atoms with E-state index in [2.05, 4.69) is 23.6 Å². The van der Waals surface area contributed by atoms with E-state index in [1.807, 2.05) is 41.8 Å². The number of nitrogens with two attached hydrogens (primary N) is 2. The second-order valence-corrected chi connectivity index (χ2v) is 10.3. The number of nitrogens with zero attached hydrogens (tertiary/aromatic N) is 1. The van der Waals surface area contributed by atoms with Crippen molar-refractivity contribution in [3.05, 3.63) is 74.1 Å². The number of aryl methyl sites for hydroxylation is 2. The zero-order valence-electron chi connectivity index (χ0n) is 18.2. The molecule has 5 rings (SSSR count). The number of benzene rings is 2. The number of nitrogen functional groups attached to an aromatic ring is 2. The van der Waals surface area contributed by atoms with E-state index in [4.69, 9.17) is 23.1 Å². The summed E-state index contributed by atoms with van der Waals surface area (Å²) in [6.07, 6.45) is 5.88. The molecule has 5 nitrogen and oxygen atoms in total. The van der Waals surface area contributed by atoms with Crippen molar-refractivity contribution < 1.29 is 9.90 Å². The number of hydrogen-bond donors (Lipinski definition) is 3. The molecule has 2 aromatic carbocycles. The number of aliphatic carboxylic acids is 1. The van der Waals surface area contributed by atoms with Gasteiger partial charge in [-0.1, -0.05) is 23.7 Å². The Hall–Kier alpha value is -3.22. The highest BCUT2D eigenvalue weighted by Gasteiger charge is 2.20. The molecule has 0 bridgehead atoms. The first kappa shape index (κ1) is 21.6. The molecule has 168 valence electrons. The first-order chi connectivity index (χ1) is 15.8. The summed E-state index contributed by atoms with van der Waals surface area (Å²) < 4.78 is 2.15. The van der Waals surface area contributed by atoms with Crippen molar-refractivity contribution in [3.63, 3.8) is 0 Å². The second-order valence-electron chi connectivity index (χ2n) is 8.54. The number of carboxylic acids is 1. The van der Waals surface area contributed by atoms with E-state index in [-0.39, 0.29) is 6.42 Å². The molecule has 0 radical (unpaired) electrons. The fraction of sp³-hybridized carbons (Fsp3) is 0.192. The van der Waals surface area contributed by atoms with Crippen LogP contribution in [0.15, 0.2) is 47.6 Å². The molecule has 1 aliphatic rings. The van der Waals surface area contributed by atoms with Crippen LogP contribution in [0.2, 0.25) is 0 Å². The average Bonchev–Trinajstić information content (AvgIpc) is 3.24. The van der Waals surface area contributed by atoms with Gasteiger partial charge in [-0.2, -0.15) is 0 Å². The highest BCUT2D eigenvalue weighted by molar-refractivity contribution is 7.12. The van der Waals surface area contributed by atoms with E-state index in [9.17, 15) is 9.90 Å². The molecule has 0 unspecified atom stereocenters. The van der Waals surface area contributed by atoms with Crippen molar-refractivity contribution >= 4 is 57.3 Å². The van der Waals surface area contributed by atoms with Gasteiger partial charge in [-0.15, -0.1) is 11.3 Å². The molecule has 0 saturated heterocycles. The summed E-state index contributed by atoms with van der Waals surface area (Å²) in [5.41, 5.74) is 19.4. The number of aromatic nitrogens is 1. The molecule has 5 N–H and O–H groups in total. The second kappa shape index (κ2) is 8.28. The van der Waals surface area contributed by atoms with Crippen molar-refractivity contribution in [2.24, 2.45) is 0 Å². The Balaban J connectivity index is 1.65. The zero-order valence-corrected chi connectivity index (χ0v) is 19.8. The van der Waals surface area contributed by atoms with Gasteiger partial charge in [0.15, 0.2) is 0 Å². The summed E-state index contributed by atoms with van der Waals surface area (Å²) in [7, 11) is 0. The Bertz CT molecular complexity index is 1430. The van der Waals surface area contributed by atoms with Gasteiger partial charge in [0.05, 0.1) is 6.42 Å². The van der Waals surface area contributed by atoms with Crippen LogP contribution in [0.3, 0.4) is 0 Å². The molecule has 2 aromatic heterocycles. The maximum Gasteiger partial charge on any atom is 0.307 e. The lowest BCUT2D eigenvalue weighted by Crippen LogP contribution is -2.03. The Morgan fingerprint density at radius 2 is 1.88 bits per heavy atom. The molecule has 0 aliphatic heterocycles. The smallest absolute Gasteiger partial charge is 0.307 e. The predicted octanol–water partition coefficient (Wildman–Crippen LogP) is 6.04. The highest BCUT2D eigenvalue weighted by atomic mass is 35.5. The van der Waals surface area contributed by atoms with Crippen LogP contribution in [0.25, 0.3) is 28.1 Å². The Kier molecular flexibility index (Phi) is 5.43. The van der Waals surface area contributed by atoms with Gasteiger partial charge in [0, 0.05) is 49.8 Å². The molecule has 7 heteroatoms. The number of allylic oxidation sites excluding steroid dienone is 1. The van der Waals surface area contributed by atoms with Crippen LogP contribution in [0.5, 0.6) is 0 Å². The van der Waals surface area contributed by atoms with Crippen molar-refractivity contribution in [2.45, 2.75) is 32.7 Å². The minimum atomic E-state index is -0.847. The minimum absolute atomic E-state index is 0.0272. The number of fused-ring (bicyclic) bond motifs is 2. The molecule has 0 saturated carbocycles. The molecule has 1 aliphatic carbocycles. The van der Waals surface area contributed by atoms with Crippen LogP contribution < -0.4 is 11.5 Å². The zero-order chi connectivity index (χ0) is 23.3. The van der Waals surface area contributed by atoms with Gasteiger partial charge >= 0.3 is 5.97 Å². The molecule has 0 fully saturated rings. The van der Waals surface area contributed by atoms with Crippen molar-refractivity contribution in [2.75, 3.05) is 11.5 Å². The fourth-order valence-corrected chi connectivity index (χ4v) is 6.03. The summed E-state index contributed by atoms with van der Waals surface area (Å²) in [5, 5.41) is 11.3. The molecule has 33 heavy (non-hydrogen) atoms. The summed E-state index contributed by atoms with van der Waals surface area (Å²) in [5.74, 6) is -0.847. The summed E-state index contributed by atoms with van der Waals surface area (Å²) >= 11 is 8.20. The third-order valence-corrected chi connectivity index (χ3v) is 7.69. The number of carbonyl (C=O) groups is 1. The van der Waals surface area contributed by atoms with E-state index >= 15 is 0 Å². The molecule has 0 spiro atoms. The van der Waals surface area contributed by atoms with Crippen LogP contribution >= 0.6 is 22.9 Å². The van der Waals surface area contributed by atoms with Gasteiger partial charge in [0.1, 0.15) is 0 Å². The first-order valence-electron chi connectivity index (χ1n) is 10.8. The molecule has 2 heterocycles. The highest BCUT2D eigenvalue weighted by Crippen LogP contribution is 2.38. The number of carboxylic acid groups (broad SMARTS) is 1. The van der Waals surface area contributed by atoms with Crippen LogP contribution in [-0.4, -0.2) is 15.6 Å². The van der Waals surface area contributed by atoms with Crippen molar-refractivity contribution in [1.29, 1.82) is 0 Å². The maximum atomic E-state index is 11.5. The molecular formula is C26H24ClN3O2S. The van der Waals surface area contributed by atoms with E-state index < -0.39 is 5.97 Å². The van der Waals surface area contributed by atoms with Gasteiger partial charge in [-0.25, -0.2) is 0 Å². The van der Waals surface area contributed by atoms with Crippen molar-refractivity contribution in [3.8, 4) is 11.1 Å². The first-order valence-corrected chi connectivity index (χ1v) is 11.9. The van der Waals surface area contributed by atoms with E-state index in [0.29, 0.717) is 17.9 Å². The Morgan fingerprint density at radius 1 is 1.12 bits per heavy atom. The van der Waals surface area contributed by atoms with Gasteiger partial charge in [0.2, 0.25) is 0 Å². The summed E-state index contributed by atoms with van der Waals surface area (Å²) in [4.78, 5) is 14.2. The molecular weight excluding hydrogens is 454 g/mol. The van der Waals surface area contributed by atoms with Gasteiger partial charge in [0.25, 0.3) is 0 Å². The number of thiophene rings is 1. The van der Waals surface area contributed by atoms with Gasteiger partial charge < -0.3 is 21.1 Å². The van der Waals surface area contributed by atoms with Gasteiger partial charge in [-0.05, 0) is 77.9 Å². The number of halogens is 1. The number of rotatable bonds is 5. The fourth-order valence-electron chi connectivity index (χ4n) is 4.67. The molecule has 0 atom stereocenters. The largest absolute Gasteiger partial charge is 0.481 e. The van der Waals surface area contributed by atoms with Crippen molar-refractivity contribution in [1.82, 2.24) is 4.57 Å². The summed E-state index contributed by atoms with van der Waals surface area (Å²) in [6.45, 7) is 2.79. The molecule has 4 aromatic rings. The Morgan fingerprint density at radius 3 is 2.61 bits per heavy atom. The standard InChI is InChI=1S/C26H24ClN3O2S/c1-14-23(22-10-18(27)3-5-25(22)33-14)13-30-12-17(9-26(31)32)21-4-2-15(8-24(21)30)16-6-19(28)11-20(29)7-16/h2,4,6-8,10-12H,3,5,9,13,28-29H2,1H3,(H,31,32). The number of anilines is 2. The quantitative estimate of drug-likeness (QED) is 0.305. The monoisotopic (exact) mass is 477 g/mol. The third kappa shape index (κ3) is 4.12. The lowest BCUT2D eigenvalue weighted by atomic mass is 10.0. The topological polar surface area (TPSA) is 94.3 Å². The Labute approximate surface area is 200 Å². The van der Waals surface area contributed by atoms with E-state index in [1.54, 1.807) is 6.07 Å². The van der Waals surface area contributed by atoms with E-state index in [0.717, 1.165) is 45.5 Å². The van der Waals surface area contributed by atoms with Crippen LogP contribution in [0.1, 0.15) is 32.9 Å².